The minimum atomic E-state index is 0.338. The van der Waals surface area contributed by atoms with E-state index in [1.165, 1.54) is 24.9 Å². The molecule has 2 nitrogen and oxygen atoms in total. The largest absolute Gasteiger partial charge is 0.327 e. The third kappa shape index (κ3) is 2.60. The van der Waals surface area contributed by atoms with Gasteiger partial charge in [0.2, 0.25) is 0 Å². The van der Waals surface area contributed by atoms with E-state index in [4.69, 9.17) is 5.73 Å². The Bertz CT molecular complexity index is 385. The highest BCUT2D eigenvalue weighted by Gasteiger charge is 2.36. The standard InChI is InChI=1S/C16H24N2/c1-12(13-7-8-13)18-10-15(9-16(17)11-18)14-5-3-2-4-6-14/h2-6,12-13,15-16H,7-11,17H2,1H3. The molecule has 18 heavy (non-hydrogen) atoms. The molecule has 1 aromatic rings. The number of hydrogen-bond acceptors (Lipinski definition) is 2. The first-order valence-electron chi connectivity index (χ1n) is 7.28. The number of hydrogen-bond donors (Lipinski definition) is 1. The van der Waals surface area contributed by atoms with E-state index in [9.17, 15) is 0 Å². The van der Waals surface area contributed by atoms with Gasteiger partial charge in [-0.25, -0.2) is 0 Å². The van der Waals surface area contributed by atoms with Crippen molar-refractivity contribution in [1.29, 1.82) is 0 Å². The molecule has 1 saturated carbocycles. The van der Waals surface area contributed by atoms with Crippen molar-refractivity contribution in [1.82, 2.24) is 4.90 Å². The van der Waals surface area contributed by atoms with Gasteiger partial charge in [0.05, 0.1) is 0 Å². The Morgan fingerprint density at radius 2 is 1.89 bits per heavy atom. The summed E-state index contributed by atoms with van der Waals surface area (Å²) in [7, 11) is 0. The molecule has 0 bridgehead atoms. The van der Waals surface area contributed by atoms with Gasteiger partial charge in [-0.3, -0.25) is 4.90 Å². The molecule has 3 unspecified atom stereocenters. The topological polar surface area (TPSA) is 29.3 Å². The van der Waals surface area contributed by atoms with Gasteiger partial charge in [-0.2, -0.15) is 0 Å². The molecule has 0 amide bonds. The zero-order valence-electron chi connectivity index (χ0n) is 11.3. The summed E-state index contributed by atoms with van der Waals surface area (Å²) in [6.45, 7) is 4.66. The first-order chi connectivity index (χ1) is 8.74. The van der Waals surface area contributed by atoms with Crippen LogP contribution in [0, 0.1) is 5.92 Å². The van der Waals surface area contributed by atoms with E-state index in [-0.39, 0.29) is 0 Å². The smallest absolute Gasteiger partial charge is 0.0174 e. The minimum absolute atomic E-state index is 0.338. The lowest BCUT2D eigenvalue weighted by molar-refractivity contribution is 0.130. The lowest BCUT2D eigenvalue weighted by Gasteiger charge is -2.40. The molecule has 0 radical (unpaired) electrons. The molecule has 2 aliphatic rings. The summed E-state index contributed by atoms with van der Waals surface area (Å²) >= 11 is 0. The van der Waals surface area contributed by atoms with Gasteiger partial charge in [0.25, 0.3) is 0 Å². The number of nitrogens with zero attached hydrogens (tertiary/aromatic N) is 1. The predicted octanol–water partition coefficient (Wildman–Crippen LogP) is 2.60. The Morgan fingerprint density at radius 3 is 2.56 bits per heavy atom. The first kappa shape index (κ1) is 12.2. The molecule has 1 heterocycles. The maximum Gasteiger partial charge on any atom is 0.0174 e. The van der Waals surface area contributed by atoms with E-state index >= 15 is 0 Å². The molecule has 2 fully saturated rings. The summed E-state index contributed by atoms with van der Waals surface area (Å²) in [5.74, 6) is 1.56. The monoisotopic (exact) mass is 244 g/mol. The Morgan fingerprint density at radius 1 is 1.17 bits per heavy atom. The summed E-state index contributed by atoms with van der Waals surface area (Å²) in [4.78, 5) is 2.63. The predicted molar refractivity (Wildman–Crippen MR) is 75.5 cm³/mol. The number of nitrogens with two attached hydrogens (primary N) is 1. The lowest BCUT2D eigenvalue weighted by Crippen LogP contribution is -2.50. The molecule has 1 aromatic carbocycles. The molecular weight excluding hydrogens is 220 g/mol. The Balaban J connectivity index is 1.72. The fourth-order valence-electron chi connectivity index (χ4n) is 3.35. The van der Waals surface area contributed by atoms with Crippen LogP contribution in [0.4, 0.5) is 0 Å². The van der Waals surface area contributed by atoms with Crippen LogP contribution in [-0.4, -0.2) is 30.1 Å². The van der Waals surface area contributed by atoms with Gasteiger partial charge in [0.1, 0.15) is 0 Å². The summed E-state index contributed by atoms with van der Waals surface area (Å²) in [6.07, 6.45) is 3.98. The van der Waals surface area contributed by atoms with Gasteiger partial charge in [0.15, 0.2) is 0 Å². The van der Waals surface area contributed by atoms with Gasteiger partial charge in [0, 0.05) is 25.2 Å². The van der Waals surface area contributed by atoms with Crippen LogP contribution in [0.5, 0.6) is 0 Å². The van der Waals surface area contributed by atoms with Gasteiger partial charge >= 0.3 is 0 Å². The zero-order valence-corrected chi connectivity index (χ0v) is 11.3. The van der Waals surface area contributed by atoms with Crippen LogP contribution in [0.15, 0.2) is 30.3 Å². The fourth-order valence-corrected chi connectivity index (χ4v) is 3.35. The highest BCUT2D eigenvalue weighted by atomic mass is 15.2. The van der Waals surface area contributed by atoms with Gasteiger partial charge in [-0.05, 0) is 43.6 Å². The molecule has 2 heteroatoms. The molecule has 0 aromatic heterocycles. The second kappa shape index (κ2) is 5.02. The van der Waals surface area contributed by atoms with Gasteiger partial charge in [-0.15, -0.1) is 0 Å². The molecule has 1 aliphatic heterocycles. The van der Waals surface area contributed by atoms with E-state index in [0.29, 0.717) is 12.0 Å². The average Bonchev–Trinajstić information content (AvgIpc) is 3.22. The number of likely N-dealkylation sites (tertiary alicyclic amines) is 1. The molecule has 3 atom stereocenters. The Kier molecular flexibility index (Phi) is 3.40. The van der Waals surface area contributed by atoms with Crippen molar-refractivity contribution < 1.29 is 0 Å². The molecule has 98 valence electrons. The SMILES string of the molecule is CC(C1CC1)N1CC(N)CC(c2ccccc2)C1. The maximum absolute atomic E-state index is 6.27. The molecular formula is C16H24N2. The van der Waals surface area contributed by atoms with Crippen LogP contribution < -0.4 is 5.73 Å². The highest BCUT2D eigenvalue weighted by Crippen LogP contribution is 2.37. The van der Waals surface area contributed by atoms with Crippen molar-refractivity contribution in [2.45, 2.75) is 44.2 Å². The van der Waals surface area contributed by atoms with E-state index < -0.39 is 0 Å². The summed E-state index contributed by atoms with van der Waals surface area (Å²) in [5.41, 5.74) is 7.73. The molecule has 0 spiro atoms. The fraction of sp³-hybridized carbons (Fsp3) is 0.625. The van der Waals surface area contributed by atoms with Gasteiger partial charge in [-0.1, -0.05) is 30.3 Å². The lowest BCUT2D eigenvalue weighted by atomic mass is 9.87. The van der Waals surface area contributed by atoms with Crippen LogP contribution in [0.3, 0.4) is 0 Å². The first-order valence-corrected chi connectivity index (χ1v) is 7.28. The van der Waals surface area contributed by atoms with Crippen molar-refractivity contribution in [3.63, 3.8) is 0 Å². The van der Waals surface area contributed by atoms with Crippen molar-refractivity contribution in [2.24, 2.45) is 11.7 Å². The van der Waals surface area contributed by atoms with Crippen LogP contribution >= 0.6 is 0 Å². The maximum atomic E-state index is 6.27. The number of piperidine rings is 1. The van der Waals surface area contributed by atoms with Crippen molar-refractivity contribution in [3.05, 3.63) is 35.9 Å². The van der Waals surface area contributed by atoms with E-state index in [0.717, 1.165) is 24.9 Å². The number of benzene rings is 1. The second-order valence-corrected chi connectivity index (χ2v) is 6.14. The third-order valence-corrected chi connectivity index (χ3v) is 4.66. The molecule has 1 aliphatic carbocycles. The van der Waals surface area contributed by atoms with Crippen LogP contribution in [0.1, 0.15) is 37.7 Å². The Labute approximate surface area is 110 Å². The average molecular weight is 244 g/mol. The summed E-state index contributed by atoms with van der Waals surface area (Å²) < 4.78 is 0. The van der Waals surface area contributed by atoms with E-state index in [1.807, 2.05) is 0 Å². The number of rotatable bonds is 3. The molecule has 1 saturated heterocycles. The van der Waals surface area contributed by atoms with E-state index in [2.05, 4.69) is 42.2 Å². The quantitative estimate of drug-likeness (QED) is 0.885. The van der Waals surface area contributed by atoms with Crippen molar-refractivity contribution >= 4 is 0 Å². The zero-order chi connectivity index (χ0) is 12.5. The normalized spacial score (nSPS) is 31.2. The van der Waals surface area contributed by atoms with Crippen LogP contribution in [0.2, 0.25) is 0 Å². The van der Waals surface area contributed by atoms with Crippen LogP contribution in [-0.2, 0) is 0 Å². The van der Waals surface area contributed by atoms with E-state index in [1.54, 1.807) is 0 Å². The highest BCUT2D eigenvalue weighted by molar-refractivity contribution is 5.21. The van der Waals surface area contributed by atoms with Crippen molar-refractivity contribution in [2.75, 3.05) is 13.1 Å². The third-order valence-electron chi connectivity index (χ3n) is 4.66. The van der Waals surface area contributed by atoms with Crippen LogP contribution in [0.25, 0.3) is 0 Å². The Hall–Kier alpha value is -0.860. The molecule has 3 rings (SSSR count). The van der Waals surface area contributed by atoms with Crippen molar-refractivity contribution in [3.8, 4) is 0 Å². The minimum Gasteiger partial charge on any atom is -0.327 e. The second-order valence-electron chi connectivity index (χ2n) is 6.14. The molecule has 2 N–H and O–H groups in total. The summed E-state index contributed by atoms with van der Waals surface area (Å²) in [6, 6.07) is 11.9. The van der Waals surface area contributed by atoms with Gasteiger partial charge < -0.3 is 5.73 Å². The summed E-state index contributed by atoms with van der Waals surface area (Å²) in [5, 5.41) is 0.